The molecule has 0 aliphatic rings. The summed E-state index contributed by atoms with van der Waals surface area (Å²) in [5.74, 6) is -0.243. The molecule has 0 fully saturated rings. The fourth-order valence-corrected chi connectivity index (χ4v) is 7.71. The van der Waals surface area contributed by atoms with Gasteiger partial charge in [0.25, 0.3) is 0 Å². The zero-order valence-electron chi connectivity index (χ0n) is 38.8. The smallest absolute Gasteiger partial charge is 0.387 e. The first-order valence-electron chi connectivity index (χ1n) is 24.4. The first-order chi connectivity index (χ1) is 28.0. The molecule has 0 saturated carbocycles. The number of carbonyl (C=O) groups excluding carboxylic acids is 1. The number of nitrogens with one attached hydrogen (secondary N) is 1. The Balaban J connectivity index is 4.34. The highest BCUT2D eigenvalue weighted by Crippen LogP contribution is 2.43. The number of nitrogens with zero attached hydrogens (tertiary/aromatic N) is 1. The number of aliphatic hydroxyl groups is 1. The van der Waals surface area contributed by atoms with Crippen molar-refractivity contribution in [3.8, 4) is 0 Å². The van der Waals surface area contributed by atoms with Crippen molar-refractivity contribution in [3.05, 3.63) is 36.5 Å². The molecule has 0 aromatic carbocycles. The maximum Gasteiger partial charge on any atom is 0.472 e. The van der Waals surface area contributed by atoms with E-state index in [9.17, 15) is 19.4 Å². The molecule has 0 aliphatic heterocycles. The van der Waals surface area contributed by atoms with Crippen molar-refractivity contribution in [2.75, 3.05) is 40.9 Å². The van der Waals surface area contributed by atoms with Gasteiger partial charge in [0.05, 0.1) is 39.9 Å². The summed E-state index contributed by atoms with van der Waals surface area (Å²) >= 11 is 0. The number of amides is 1. The van der Waals surface area contributed by atoms with Crippen LogP contribution in [0.3, 0.4) is 0 Å². The molecule has 9 heteroatoms. The van der Waals surface area contributed by atoms with E-state index in [1.165, 1.54) is 161 Å². The third-order valence-corrected chi connectivity index (χ3v) is 11.9. The Morgan fingerprint density at radius 2 is 0.983 bits per heavy atom. The van der Waals surface area contributed by atoms with Crippen molar-refractivity contribution in [3.63, 3.8) is 0 Å². The van der Waals surface area contributed by atoms with Crippen molar-refractivity contribution in [1.82, 2.24) is 5.32 Å². The van der Waals surface area contributed by atoms with E-state index in [-0.39, 0.29) is 25.5 Å². The summed E-state index contributed by atoms with van der Waals surface area (Å²) in [5, 5.41) is 13.8. The van der Waals surface area contributed by atoms with Gasteiger partial charge in [-0.15, -0.1) is 0 Å². The predicted octanol–water partition coefficient (Wildman–Crippen LogP) is 13.9. The Morgan fingerprint density at radius 3 is 1.41 bits per heavy atom. The highest BCUT2D eigenvalue weighted by atomic mass is 31.2. The number of phosphoric acid groups is 1. The molecule has 0 heterocycles. The maximum atomic E-state index is 12.8. The summed E-state index contributed by atoms with van der Waals surface area (Å²) < 4.78 is 23.5. The first kappa shape index (κ1) is 56.7. The largest absolute Gasteiger partial charge is 0.472 e. The van der Waals surface area contributed by atoms with Crippen LogP contribution in [-0.4, -0.2) is 73.4 Å². The monoisotopic (exact) mass is 840 g/mol. The third-order valence-electron chi connectivity index (χ3n) is 10.9. The van der Waals surface area contributed by atoms with Crippen LogP contribution in [0.2, 0.25) is 0 Å². The van der Waals surface area contributed by atoms with Gasteiger partial charge in [0.1, 0.15) is 13.2 Å². The van der Waals surface area contributed by atoms with Crippen LogP contribution in [0.5, 0.6) is 0 Å². The molecular weight excluding hydrogens is 744 g/mol. The van der Waals surface area contributed by atoms with Crippen molar-refractivity contribution >= 4 is 13.7 Å². The van der Waals surface area contributed by atoms with Crippen LogP contribution < -0.4 is 5.32 Å². The highest BCUT2D eigenvalue weighted by molar-refractivity contribution is 7.47. The van der Waals surface area contributed by atoms with E-state index in [0.717, 1.165) is 32.1 Å². The van der Waals surface area contributed by atoms with E-state index >= 15 is 0 Å². The van der Waals surface area contributed by atoms with E-state index in [1.54, 1.807) is 6.08 Å². The molecule has 0 bridgehead atoms. The van der Waals surface area contributed by atoms with Crippen molar-refractivity contribution < 1.29 is 32.9 Å². The number of quaternary nitrogens is 1. The van der Waals surface area contributed by atoms with Crippen LogP contribution in [0.4, 0.5) is 0 Å². The van der Waals surface area contributed by atoms with Gasteiger partial charge in [-0.2, -0.15) is 0 Å². The second kappa shape index (κ2) is 41.1. The molecule has 342 valence electrons. The molecule has 0 rings (SSSR count). The lowest BCUT2D eigenvalue weighted by Gasteiger charge is -2.25. The van der Waals surface area contributed by atoms with Gasteiger partial charge in [-0.25, -0.2) is 4.57 Å². The average molecular weight is 840 g/mol. The van der Waals surface area contributed by atoms with E-state index < -0.39 is 20.0 Å². The van der Waals surface area contributed by atoms with Gasteiger partial charge in [-0.05, 0) is 38.5 Å². The number of allylic oxidation sites excluding steroid dienone is 5. The number of hydrogen-bond donors (Lipinski definition) is 3. The quantitative estimate of drug-likeness (QED) is 0.0244. The number of rotatable bonds is 44. The number of phosphoric ester groups is 1. The second-order valence-electron chi connectivity index (χ2n) is 17.8. The SMILES string of the molecule is CCCCCCCC/C=C\C/C=C\CCC(=O)NC(COP(=O)(O)OCC[N+](C)(C)C)C(O)/C=C/CCCCCCCCCCCCCCCCCCCCCCC. The summed E-state index contributed by atoms with van der Waals surface area (Å²) in [5.41, 5.74) is 0. The lowest BCUT2D eigenvalue weighted by Crippen LogP contribution is -2.45. The van der Waals surface area contributed by atoms with E-state index in [4.69, 9.17) is 9.05 Å². The molecule has 1 amide bonds. The van der Waals surface area contributed by atoms with Gasteiger partial charge in [-0.3, -0.25) is 13.8 Å². The average Bonchev–Trinajstić information content (AvgIpc) is 3.17. The van der Waals surface area contributed by atoms with Crippen molar-refractivity contribution in [2.45, 2.75) is 231 Å². The first-order valence-corrected chi connectivity index (χ1v) is 25.9. The number of aliphatic hydroxyl groups excluding tert-OH is 1. The second-order valence-corrected chi connectivity index (χ2v) is 19.3. The normalized spacial score (nSPS) is 14.5. The number of hydrogen-bond acceptors (Lipinski definition) is 5. The van der Waals surface area contributed by atoms with Crippen molar-refractivity contribution in [1.29, 1.82) is 0 Å². The van der Waals surface area contributed by atoms with E-state index in [0.29, 0.717) is 17.4 Å². The van der Waals surface area contributed by atoms with Gasteiger partial charge in [0.15, 0.2) is 0 Å². The zero-order valence-corrected chi connectivity index (χ0v) is 39.7. The zero-order chi connectivity index (χ0) is 42.8. The van der Waals surface area contributed by atoms with Gasteiger partial charge < -0.3 is 19.8 Å². The minimum Gasteiger partial charge on any atom is -0.387 e. The van der Waals surface area contributed by atoms with E-state index in [1.807, 2.05) is 33.3 Å². The van der Waals surface area contributed by atoms with Crippen LogP contribution in [0.15, 0.2) is 36.5 Å². The molecular formula is C49H96N2O6P+. The summed E-state index contributed by atoms with van der Waals surface area (Å²) in [6.07, 6.45) is 51.0. The molecule has 0 aromatic rings. The fourth-order valence-electron chi connectivity index (χ4n) is 6.97. The number of carbonyl (C=O) groups is 1. The van der Waals surface area contributed by atoms with Crippen LogP contribution in [-0.2, 0) is 18.4 Å². The lowest BCUT2D eigenvalue weighted by molar-refractivity contribution is -0.870. The van der Waals surface area contributed by atoms with Gasteiger partial charge >= 0.3 is 7.82 Å². The minimum atomic E-state index is -4.35. The molecule has 58 heavy (non-hydrogen) atoms. The Morgan fingerprint density at radius 1 is 0.586 bits per heavy atom. The molecule has 0 spiro atoms. The van der Waals surface area contributed by atoms with Crippen LogP contribution >= 0.6 is 7.82 Å². The van der Waals surface area contributed by atoms with Crippen LogP contribution in [0, 0.1) is 0 Å². The molecule has 0 saturated heterocycles. The third kappa shape index (κ3) is 42.8. The molecule has 0 radical (unpaired) electrons. The topological polar surface area (TPSA) is 105 Å². The molecule has 3 unspecified atom stereocenters. The van der Waals surface area contributed by atoms with Gasteiger partial charge in [0, 0.05) is 6.42 Å². The van der Waals surface area contributed by atoms with Gasteiger partial charge in [0.2, 0.25) is 5.91 Å². The summed E-state index contributed by atoms with van der Waals surface area (Å²) in [6.45, 7) is 4.77. The lowest BCUT2D eigenvalue weighted by atomic mass is 10.0. The summed E-state index contributed by atoms with van der Waals surface area (Å²) in [7, 11) is 1.54. The van der Waals surface area contributed by atoms with Crippen LogP contribution in [0.1, 0.15) is 219 Å². The Bertz CT molecular complexity index is 1040. The molecule has 3 N–H and O–H groups in total. The standard InChI is InChI=1S/C49H95N2O6P/c1-6-8-10-12-14-16-18-20-21-22-23-24-25-26-27-28-29-31-32-34-36-38-40-42-48(52)47(46-57-58(54,55)56-45-44-51(3,4)5)50-49(53)43-41-39-37-35-33-30-19-17-15-13-11-9-7-2/h30,33,37,39-40,42,47-48,52H,6-29,31-32,34-36,38,41,43-46H2,1-5H3,(H-,50,53,54,55)/p+1/b33-30-,39-37-,42-40+. The molecule has 0 aliphatic carbocycles. The minimum absolute atomic E-state index is 0.0524. The number of likely N-dealkylation sites (N-methyl/N-ethyl adjacent to an activating group) is 1. The fraction of sp³-hybridized carbons (Fsp3) is 0.857. The highest BCUT2D eigenvalue weighted by Gasteiger charge is 2.27. The Labute approximate surface area is 359 Å². The molecule has 3 atom stereocenters. The van der Waals surface area contributed by atoms with Gasteiger partial charge in [-0.1, -0.05) is 211 Å². The van der Waals surface area contributed by atoms with Crippen molar-refractivity contribution in [2.24, 2.45) is 0 Å². The van der Waals surface area contributed by atoms with Crippen LogP contribution in [0.25, 0.3) is 0 Å². The van der Waals surface area contributed by atoms with E-state index in [2.05, 4.69) is 37.4 Å². The molecule has 8 nitrogen and oxygen atoms in total. The molecule has 0 aromatic heterocycles. The Kier molecular flexibility index (Phi) is 40.2. The number of unbranched alkanes of at least 4 members (excludes halogenated alkanes) is 27. The summed E-state index contributed by atoms with van der Waals surface area (Å²) in [4.78, 5) is 23.1. The predicted molar refractivity (Wildman–Crippen MR) is 249 cm³/mol. The Hall–Kier alpha value is -1.28. The maximum absolute atomic E-state index is 12.8. The summed E-state index contributed by atoms with van der Waals surface area (Å²) in [6, 6.07) is -0.875.